The number of nitrogens with one attached hydrogen (secondary N) is 2. The van der Waals surface area contributed by atoms with E-state index in [0.29, 0.717) is 0 Å². The van der Waals surface area contributed by atoms with Crippen LogP contribution in [-0.2, 0) is 9.53 Å². The Bertz CT molecular complexity index is 404. The molecule has 1 aliphatic rings. The van der Waals surface area contributed by atoms with Crippen LogP contribution < -0.4 is 10.6 Å². The van der Waals surface area contributed by atoms with Gasteiger partial charge in [-0.25, -0.2) is 0 Å². The van der Waals surface area contributed by atoms with Crippen LogP contribution in [0.4, 0.5) is 0 Å². The second kappa shape index (κ2) is 5.46. The van der Waals surface area contributed by atoms with E-state index in [2.05, 4.69) is 15.6 Å². The Hall–Kier alpha value is -1.46. The van der Waals surface area contributed by atoms with Gasteiger partial charge < -0.3 is 15.4 Å². The monoisotopic (exact) mass is 249 g/mol. The van der Waals surface area contributed by atoms with E-state index in [1.54, 1.807) is 12.4 Å². The number of amides is 1. The molecule has 0 spiro atoms. The maximum atomic E-state index is 11.7. The first-order valence-corrected chi connectivity index (χ1v) is 6.13. The maximum absolute atomic E-state index is 11.7. The summed E-state index contributed by atoms with van der Waals surface area (Å²) in [6, 6.07) is 3.75. The van der Waals surface area contributed by atoms with E-state index >= 15 is 0 Å². The smallest absolute Gasteiger partial charge is 0.246 e. The first kappa shape index (κ1) is 13.0. The van der Waals surface area contributed by atoms with Gasteiger partial charge in [0, 0.05) is 25.5 Å². The summed E-state index contributed by atoms with van der Waals surface area (Å²) in [4.78, 5) is 15.7. The van der Waals surface area contributed by atoms with Crippen molar-refractivity contribution in [3.8, 4) is 0 Å². The maximum Gasteiger partial charge on any atom is 0.246 e. The molecule has 0 saturated carbocycles. The summed E-state index contributed by atoms with van der Waals surface area (Å²) >= 11 is 0. The Morgan fingerprint density at radius 1 is 1.56 bits per heavy atom. The van der Waals surface area contributed by atoms with Gasteiger partial charge in [-0.3, -0.25) is 9.78 Å². The number of hydrogen-bond donors (Lipinski definition) is 2. The fourth-order valence-corrected chi connectivity index (χ4v) is 1.84. The van der Waals surface area contributed by atoms with Crippen molar-refractivity contribution < 1.29 is 9.53 Å². The minimum Gasteiger partial charge on any atom is -0.363 e. The van der Waals surface area contributed by atoms with E-state index in [1.807, 2.05) is 26.0 Å². The summed E-state index contributed by atoms with van der Waals surface area (Å²) in [5, 5.41) is 6.03. The fraction of sp³-hybridized carbons (Fsp3) is 0.538. The highest BCUT2D eigenvalue weighted by Crippen LogP contribution is 2.15. The third kappa shape index (κ3) is 3.27. The van der Waals surface area contributed by atoms with Crippen molar-refractivity contribution in [3.05, 3.63) is 30.1 Å². The molecule has 0 aliphatic carbocycles. The van der Waals surface area contributed by atoms with Crippen LogP contribution in [0, 0.1) is 0 Å². The molecule has 1 atom stereocenters. The van der Waals surface area contributed by atoms with Gasteiger partial charge in [-0.2, -0.15) is 0 Å². The Balaban J connectivity index is 1.77. The van der Waals surface area contributed by atoms with Crippen molar-refractivity contribution in [1.29, 1.82) is 0 Å². The summed E-state index contributed by atoms with van der Waals surface area (Å²) in [5.41, 5.74) is 0.854. The lowest BCUT2D eigenvalue weighted by Crippen LogP contribution is -2.59. The molecular formula is C13H19N3O2. The van der Waals surface area contributed by atoms with Gasteiger partial charge >= 0.3 is 0 Å². The Labute approximate surface area is 107 Å². The lowest BCUT2D eigenvalue weighted by Gasteiger charge is -2.38. The van der Waals surface area contributed by atoms with Crippen LogP contribution in [0.5, 0.6) is 0 Å². The van der Waals surface area contributed by atoms with Crippen molar-refractivity contribution in [2.24, 2.45) is 0 Å². The molecule has 0 bridgehead atoms. The molecule has 0 radical (unpaired) electrons. The molecule has 1 saturated heterocycles. The largest absolute Gasteiger partial charge is 0.363 e. The lowest BCUT2D eigenvalue weighted by atomic mass is 10.0. The molecule has 5 heteroatoms. The van der Waals surface area contributed by atoms with Gasteiger partial charge in [0.25, 0.3) is 0 Å². The van der Waals surface area contributed by atoms with Gasteiger partial charge in [-0.1, -0.05) is 0 Å². The molecule has 1 aliphatic heterocycles. The Morgan fingerprint density at radius 2 is 2.22 bits per heavy atom. The molecule has 0 aromatic carbocycles. The number of pyridine rings is 1. The molecule has 2 rings (SSSR count). The number of carbonyl (C=O) groups excluding carboxylic acids is 1. The van der Waals surface area contributed by atoms with Crippen LogP contribution in [0.2, 0.25) is 0 Å². The van der Waals surface area contributed by atoms with Crippen LogP contribution in [0.25, 0.3) is 0 Å². The third-order valence-electron chi connectivity index (χ3n) is 3.13. The highest BCUT2D eigenvalue weighted by Gasteiger charge is 2.33. The minimum atomic E-state index is -0.183. The molecular weight excluding hydrogens is 230 g/mol. The van der Waals surface area contributed by atoms with Gasteiger partial charge in [0.15, 0.2) is 0 Å². The van der Waals surface area contributed by atoms with Crippen molar-refractivity contribution in [2.75, 3.05) is 19.7 Å². The summed E-state index contributed by atoms with van der Waals surface area (Å²) < 4.78 is 5.58. The van der Waals surface area contributed by atoms with Gasteiger partial charge in [-0.15, -0.1) is 0 Å². The first-order chi connectivity index (χ1) is 8.59. The Kier molecular flexibility index (Phi) is 3.93. The fourth-order valence-electron chi connectivity index (χ4n) is 1.84. The third-order valence-corrected chi connectivity index (χ3v) is 3.13. The van der Waals surface area contributed by atoms with Gasteiger partial charge in [0.2, 0.25) is 5.91 Å². The summed E-state index contributed by atoms with van der Waals surface area (Å²) in [6.07, 6.45) is 3.44. The number of ether oxygens (including phenoxy) is 1. The second-order valence-electron chi connectivity index (χ2n) is 4.91. The number of nitrogens with zero attached hydrogens (tertiary/aromatic N) is 1. The molecule has 1 aromatic heterocycles. The van der Waals surface area contributed by atoms with E-state index in [9.17, 15) is 4.79 Å². The average Bonchev–Trinajstić information content (AvgIpc) is 2.35. The number of aromatic nitrogens is 1. The molecule has 1 unspecified atom stereocenters. The number of hydrogen-bond acceptors (Lipinski definition) is 4. The van der Waals surface area contributed by atoms with Crippen LogP contribution in [0.1, 0.15) is 25.5 Å². The van der Waals surface area contributed by atoms with Crippen LogP contribution in [0.15, 0.2) is 24.5 Å². The molecule has 18 heavy (non-hydrogen) atoms. The topological polar surface area (TPSA) is 63.2 Å². The summed E-state index contributed by atoms with van der Waals surface area (Å²) in [7, 11) is 0. The molecule has 5 nitrogen and oxygen atoms in total. The van der Waals surface area contributed by atoms with Crippen molar-refractivity contribution in [1.82, 2.24) is 15.6 Å². The molecule has 1 fully saturated rings. The average molecular weight is 249 g/mol. The van der Waals surface area contributed by atoms with Gasteiger partial charge in [-0.05, 0) is 31.5 Å². The standard InChI is InChI=1S/C13H19N3O2/c1-10(11-3-5-14-6-4-11)16-12(17)7-18-13(2)8-15-9-13/h3-6,10,15H,7-9H2,1-2H3,(H,16,17). The van der Waals surface area contributed by atoms with Gasteiger partial charge in [0.05, 0.1) is 11.6 Å². The van der Waals surface area contributed by atoms with E-state index in [0.717, 1.165) is 18.7 Å². The van der Waals surface area contributed by atoms with Crippen molar-refractivity contribution in [3.63, 3.8) is 0 Å². The molecule has 1 amide bonds. The van der Waals surface area contributed by atoms with E-state index in [-0.39, 0.29) is 24.2 Å². The van der Waals surface area contributed by atoms with Crippen LogP contribution >= 0.6 is 0 Å². The van der Waals surface area contributed by atoms with Gasteiger partial charge in [0.1, 0.15) is 6.61 Å². The normalized spacial score (nSPS) is 18.8. The zero-order valence-corrected chi connectivity index (χ0v) is 10.8. The van der Waals surface area contributed by atoms with Crippen molar-refractivity contribution in [2.45, 2.75) is 25.5 Å². The highest BCUT2D eigenvalue weighted by atomic mass is 16.5. The van der Waals surface area contributed by atoms with E-state index in [1.165, 1.54) is 0 Å². The zero-order chi connectivity index (χ0) is 13.0. The van der Waals surface area contributed by atoms with Crippen LogP contribution in [-0.4, -0.2) is 36.2 Å². The van der Waals surface area contributed by atoms with Crippen LogP contribution in [0.3, 0.4) is 0 Å². The summed E-state index contributed by atoms with van der Waals surface area (Å²) in [6.45, 7) is 5.66. The van der Waals surface area contributed by atoms with E-state index in [4.69, 9.17) is 4.74 Å². The quantitative estimate of drug-likeness (QED) is 0.803. The number of rotatable bonds is 5. The predicted octanol–water partition coefficient (Wildman–Crippen LogP) is 0.637. The SMILES string of the molecule is CC(NC(=O)COC1(C)CNC1)c1ccncc1. The molecule has 2 heterocycles. The minimum absolute atomic E-state index is 0.0311. The number of carbonyl (C=O) groups is 1. The predicted molar refractivity (Wildman–Crippen MR) is 68.0 cm³/mol. The Morgan fingerprint density at radius 3 is 2.78 bits per heavy atom. The highest BCUT2D eigenvalue weighted by molar-refractivity contribution is 5.77. The van der Waals surface area contributed by atoms with E-state index < -0.39 is 0 Å². The first-order valence-electron chi connectivity index (χ1n) is 6.13. The van der Waals surface area contributed by atoms with Crippen molar-refractivity contribution >= 4 is 5.91 Å². The molecule has 98 valence electrons. The zero-order valence-electron chi connectivity index (χ0n) is 10.8. The second-order valence-corrected chi connectivity index (χ2v) is 4.91. The molecule has 1 aromatic rings. The lowest BCUT2D eigenvalue weighted by molar-refractivity contribution is -0.136. The summed E-state index contributed by atoms with van der Waals surface area (Å²) in [5.74, 6) is -0.0903. The molecule has 2 N–H and O–H groups in total.